The van der Waals surface area contributed by atoms with Crippen LogP contribution in [-0.4, -0.2) is 29.1 Å². The highest BCUT2D eigenvalue weighted by Crippen LogP contribution is 2.16. The van der Waals surface area contributed by atoms with Crippen molar-refractivity contribution in [3.8, 4) is 5.75 Å². The Kier molecular flexibility index (Phi) is 3.87. The van der Waals surface area contributed by atoms with Gasteiger partial charge in [0.2, 0.25) is 10.0 Å². The molecule has 0 spiro atoms. The molecule has 0 aliphatic heterocycles. The van der Waals surface area contributed by atoms with Crippen LogP contribution in [0.3, 0.4) is 0 Å². The normalized spacial score (nSPS) is 13.3. The van der Waals surface area contributed by atoms with Gasteiger partial charge in [0, 0.05) is 25.0 Å². The van der Waals surface area contributed by atoms with Gasteiger partial charge < -0.3 is 9.67 Å². The van der Waals surface area contributed by atoms with E-state index in [4.69, 9.17) is 0 Å². The van der Waals surface area contributed by atoms with E-state index < -0.39 is 10.0 Å². The van der Waals surface area contributed by atoms with Crippen molar-refractivity contribution in [1.29, 1.82) is 0 Å². The van der Waals surface area contributed by atoms with Crippen LogP contribution in [0.4, 0.5) is 0 Å². The zero-order valence-corrected chi connectivity index (χ0v) is 11.2. The predicted octanol–water partition coefficient (Wildman–Crippen LogP) is 0.956. The monoisotopic (exact) mass is 281 g/mol. The lowest BCUT2D eigenvalue weighted by atomic mass is 10.3. The van der Waals surface area contributed by atoms with Crippen LogP contribution in [0.5, 0.6) is 5.75 Å². The van der Waals surface area contributed by atoms with E-state index in [1.165, 1.54) is 24.3 Å². The van der Waals surface area contributed by atoms with Crippen LogP contribution in [0.1, 0.15) is 6.92 Å². The third-order valence-electron chi connectivity index (χ3n) is 2.53. The number of hydrogen-bond acceptors (Lipinski definition) is 4. The fraction of sp³-hybridized carbons (Fsp3) is 0.250. The van der Waals surface area contributed by atoms with Crippen LogP contribution in [0, 0.1) is 0 Å². The maximum Gasteiger partial charge on any atom is 0.241 e. The lowest BCUT2D eigenvalue weighted by Crippen LogP contribution is -2.35. The number of phenols is 1. The van der Waals surface area contributed by atoms with Gasteiger partial charge in [-0.3, -0.25) is 0 Å². The summed E-state index contributed by atoms with van der Waals surface area (Å²) in [6.07, 6.45) is 5.02. The van der Waals surface area contributed by atoms with Crippen molar-refractivity contribution < 1.29 is 13.5 Å². The SMILES string of the molecule is CC(Cn1ccnc1)NS(=O)(=O)c1cccc(O)c1. The largest absolute Gasteiger partial charge is 0.508 e. The molecule has 1 aromatic heterocycles. The minimum Gasteiger partial charge on any atom is -0.508 e. The number of imidazole rings is 1. The van der Waals surface area contributed by atoms with E-state index in [1.54, 1.807) is 30.2 Å². The Labute approximate surface area is 111 Å². The number of rotatable bonds is 5. The smallest absolute Gasteiger partial charge is 0.241 e. The molecular formula is C12H15N3O3S. The molecular weight excluding hydrogens is 266 g/mol. The van der Waals surface area contributed by atoms with E-state index in [9.17, 15) is 13.5 Å². The van der Waals surface area contributed by atoms with Crippen molar-refractivity contribution in [1.82, 2.24) is 14.3 Å². The number of sulfonamides is 1. The molecule has 0 saturated heterocycles. The van der Waals surface area contributed by atoms with Gasteiger partial charge in [0.1, 0.15) is 5.75 Å². The maximum absolute atomic E-state index is 12.1. The van der Waals surface area contributed by atoms with Crippen LogP contribution >= 0.6 is 0 Å². The molecule has 102 valence electrons. The van der Waals surface area contributed by atoms with E-state index in [0.717, 1.165) is 0 Å². The zero-order valence-electron chi connectivity index (χ0n) is 10.4. The second kappa shape index (κ2) is 5.41. The average Bonchev–Trinajstić information content (AvgIpc) is 2.81. The minimum atomic E-state index is -3.63. The molecule has 1 aromatic carbocycles. The van der Waals surface area contributed by atoms with Gasteiger partial charge in [-0.05, 0) is 25.1 Å². The lowest BCUT2D eigenvalue weighted by Gasteiger charge is -2.14. The third kappa shape index (κ3) is 3.55. The summed E-state index contributed by atoms with van der Waals surface area (Å²) in [6, 6.07) is 5.28. The summed E-state index contributed by atoms with van der Waals surface area (Å²) >= 11 is 0. The number of benzene rings is 1. The Morgan fingerprint density at radius 3 is 2.89 bits per heavy atom. The summed E-state index contributed by atoms with van der Waals surface area (Å²) < 4.78 is 28.5. The first-order chi connectivity index (χ1) is 8.97. The summed E-state index contributed by atoms with van der Waals surface area (Å²) in [4.78, 5) is 3.94. The summed E-state index contributed by atoms with van der Waals surface area (Å²) in [7, 11) is -3.63. The standard InChI is InChI=1S/C12H15N3O3S/c1-10(8-15-6-5-13-9-15)14-19(17,18)12-4-2-3-11(16)7-12/h2-7,9-10,14,16H,8H2,1H3. The lowest BCUT2D eigenvalue weighted by molar-refractivity contribution is 0.472. The van der Waals surface area contributed by atoms with Gasteiger partial charge in [-0.15, -0.1) is 0 Å². The van der Waals surface area contributed by atoms with Crippen molar-refractivity contribution in [2.75, 3.05) is 0 Å². The fourth-order valence-corrected chi connectivity index (χ4v) is 3.01. The van der Waals surface area contributed by atoms with E-state index in [2.05, 4.69) is 9.71 Å². The quantitative estimate of drug-likeness (QED) is 0.855. The first kappa shape index (κ1) is 13.6. The molecule has 1 unspecified atom stereocenters. The van der Waals surface area contributed by atoms with Gasteiger partial charge in [-0.2, -0.15) is 0 Å². The number of nitrogens with zero attached hydrogens (tertiary/aromatic N) is 2. The minimum absolute atomic E-state index is 0.0463. The second-order valence-electron chi connectivity index (χ2n) is 4.28. The number of hydrogen-bond donors (Lipinski definition) is 2. The first-order valence-electron chi connectivity index (χ1n) is 5.74. The van der Waals surface area contributed by atoms with Crippen molar-refractivity contribution >= 4 is 10.0 Å². The molecule has 0 aliphatic carbocycles. The van der Waals surface area contributed by atoms with Gasteiger partial charge in [0.15, 0.2) is 0 Å². The molecule has 2 aromatic rings. The summed E-state index contributed by atoms with van der Waals surface area (Å²) in [6.45, 7) is 2.25. The van der Waals surface area contributed by atoms with Crippen LogP contribution in [0.25, 0.3) is 0 Å². The zero-order chi connectivity index (χ0) is 13.9. The van der Waals surface area contributed by atoms with E-state index in [1.807, 2.05) is 0 Å². The van der Waals surface area contributed by atoms with E-state index >= 15 is 0 Å². The molecule has 2 N–H and O–H groups in total. The Morgan fingerprint density at radius 1 is 1.47 bits per heavy atom. The molecule has 0 amide bonds. The predicted molar refractivity (Wildman–Crippen MR) is 70.1 cm³/mol. The summed E-state index contributed by atoms with van der Waals surface area (Å²) in [5.41, 5.74) is 0. The van der Waals surface area contributed by atoms with Crippen molar-refractivity contribution in [2.45, 2.75) is 24.4 Å². The van der Waals surface area contributed by atoms with Crippen LogP contribution in [-0.2, 0) is 16.6 Å². The van der Waals surface area contributed by atoms with E-state index in [0.29, 0.717) is 6.54 Å². The van der Waals surface area contributed by atoms with Gasteiger partial charge in [-0.1, -0.05) is 6.07 Å². The fourth-order valence-electron chi connectivity index (χ4n) is 1.73. The third-order valence-corrected chi connectivity index (χ3v) is 4.12. The molecule has 7 heteroatoms. The van der Waals surface area contributed by atoms with Crippen LogP contribution in [0.2, 0.25) is 0 Å². The molecule has 6 nitrogen and oxygen atoms in total. The topological polar surface area (TPSA) is 84.2 Å². The summed E-state index contributed by atoms with van der Waals surface area (Å²) in [5, 5.41) is 9.31. The van der Waals surface area contributed by atoms with Gasteiger partial charge in [0.25, 0.3) is 0 Å². The molecule has 0 aliphatic rings. The molecule has 2 rings (SSSR count). The number of phenolic OH excluding ortho intramolecular Hbond substituents is 1. The maximum atomic E-state index is 12.1. The first-order valence-corrected chi connectivity index (χ1v) is 7.23. The highest BCUT2D eigenvalue weighted by molar-refractivity contribution is 7.89. The molecule has 1 heterocycles. The molecule has 0 radical (unpaired) electrons. The van der Waals surface area contributed by atoms with Gasteiger partial charge in [0.05, 0.1) is 11.2 Å². The highest BCUT2D eigenvalue weighted by atomic mass is 32.2. The molecule has 0 bridgehead atoms. The van der Waals surface area contributed by atoms with Gasteiger partial charge >= 0.3 is 0 Å². The average molecular weight is 281 g/mol. The van der Waals surface area contributed by atoms with Crippen LogP contribution in [0.15, 0.2) is 47.9 Å². The molecule has 1 atom stereocenters. The highest BCUT2D eigenvalue weighted by Gasteiger charge is 2.17. The van der Waals surface area contributed by atoms with Crippen molar-refractivity contribution in [3.63, 3.8) is 0 Å². The Bertz CT molecular complexity index is 638. The number of nitrogens with one attached hydrogen (secondary N) is 1. The Morgan fingerprint density at radius 2 is 2.26 bits per heavy atom. The van der Waals surface area contributed by atoms with Crippen molar-refractivity contribution in [2.24, 2.45) is 0 Å². The number of aromatic nitrogens is 2. The van der Waals surface area contributed by atoms with Gasteiger partial charge in [-0.25, -0.2) is 18.1 Å². The van der Waals surface area contributed by atoms with Crippen molar-refractivity contribution in [3.05, 3.63) is 43.0 Å². The Balaban J connectivity index is 2.09. The molecule has 0 fully saturated rings. The molecule has 0 saturated carbocycles. The molecule has 19 heavy (non-hydrogen) atoms. The van der Waals surface area contributed by atoms with E-state index in [-0.39, 0.29) is 16.7 Å². The van der Waals surface area contributed by atoms with Crippen LogP contribution < -0.4 is 4.72 Å². The second-order valence-corrected chi connectivity index (χ2v) is 5.99. The summed E-state index contributed by atoms with van der Waals surface area (Å²) in [5.74, 6) is -0.0786. The number of aromatic hydroxyl groups is 1. The Hall–Kier alpha value is -1.86.